The lowest BCUT2D eigenvalue weighted by molar-refractivity contribution is -0.116. The number of benzene rings is 2. The smallest absolute Gasteiger partial charge is 0.227 e. The maximum Gasteiger partial charge on any atom is 0.227 e. The summed E-state index contributed by atoms with van der Waals surface area (Å²) in [5.41, 5.74) is 4.45. The quantitative estimate of drug-likeness (QED) is 0.884. The summed E-state index contributed by atoms with van der Waals surface area (Å²) < 4.78 is 5.61. The van der Waals surface area contributed by atoms with Crippen molar-refractivity contribution in [2.24, 2.45) is 0 Å². The summed E-state index contributed by atoms with van der Waals surface area (Å²) in [6.07, 6.45) is 2.53. The van der Waals surface area contributed by atoms with Crippen LogP contribution in [0, 0.1) is 6.92 Å². The van der Waals surface area contributed by atoms with Crippen LogP contribution in [0.1, 0.15) is 24.0 Å². The third-order valence-electron chi connectivity index (χ3n) is 3.91. The van der Waals surface area contributed by atoms with Crippen LogP contribution in [0.2, 0.25) is 0 Å². The Morgan fingerprint density at radius 1 is 1.26 bits per heavy atom. The molecule has 1 aliphatic rings. The second-order valence-electron chi connectivity index (χ2n) is 5.87. The van der Waals surface area contributed by atoms with Gasteiger partial charge in [0, 0.05) is 17.9 Å². The highest BCUT2D eigenvalue weighted by molar-refractivity contribution is 5.91. The zero-order chi connectivity index (χ0) is 16.1. The molecule has 0 bridgehead atoms. The van der Waals surface area contributed by atoms with Gasteiger partial charge in [0.05, 0.1) is 13.0 Å². The molecule has 2 N–H and O–H groups in total. The normalized spacial score (nSPS) is 12.9. The van der Waals surface area contributed by atoms with Gasteiger partial charge in [-0.05, 0) is 61.2 Å². The standard InChI is InChI=1S/C19H22N2O2/c1-14-4-2-6-17(12-14)23-11-9-19(22)21-16-7-8-18-15(13-16)5-3-10-20-18/h2,4,6-8,12-13,20H,3,5,9-11H2,1H3,(H,21,22). The van der Waals surface area contributed by atoms with Crippen LogP contribution in [0.3, 0.4) is 0 Å². The monoisotopic (exact) mass is 310 g/mol. The fourth-order valence-electron chi connectivity index (χ4n) is 2.74. The Balaban J connectivity index is 1.49. The van der Waals surface area contributed by atoms with E-state index in [9.17, 15) is 4.79 Å². The number of ether oxygens (including phenoxy) is 1. The number of anilines is 2. The van der Waals surface area contributed by atoms with Gasteiger partial charge in [0.1, 0.15) is 5.75 Å². The van der Waals surface area contributed by atoms with E-state index in [-0.39, 0.29) is 5.91 Å². The van der Waals surface area contributed by atoms with Crippen LogP contribution >= 0.6 is 0 Å². The lowest BCUT2D eigenvalue weighted by atomic mass is 10.0. The van der Waals surface area contributed by atoms with Gasteiger partial charge in [0.25, 0.3) is 0 Å². The predicted octanol–water partition coefficient (Wildman–Crippen LogP) is 3.76. The van der Waals surface area contributed by atoms with Crippen molar-refractivity contribution in [1.29, 1.82) is 0 Å². The Morgan fingerprint density at radius 3 is 3.04 bits per heavy atom. The molecule has 120 valence electrons. The van der Waals surface area contributed by atoms with Crippen molar-refractivity contribution in [1.82, 2.24) is 0 Å². The summed E-state index contributed by atoms with van der Waals surface area (Å²) in [4.78, 5) is 12.0. The Kier molecular flexibility index (Phi) is 4.81. The molecule has 0 saturated heterocycles. The van der Waals surface area contributed by atoms with Gasteiger partial charge in [-0.25, -0.2) is 0 Å². The van der Waals surface area contributed by atoms with Gasteiger partial charge in [-0.2, -0.15) is 0 Å². The predicted molar refractivity (Wildman–Crippen MR) is 93.2 cm³/mol. The van der Waals surface area contributed by atoms with Crippen molar-refractivity contribution in [3.8, 4) is 5.75 Å². The first-order chi connectivity index (χ1) is 11.2. The van der Waals surface area contributed by atoms with Crippen LogP contribution in [-0.2, 0) is 11.2 Å². The molecule has 2 aromatic rings. The minimum atomic E-state index is -0.0265. The minimum Gasteiger partial charge on any atom is -0.493 e. The average Bonchev–Trinajstić information content (AvgIpc) is 2.55. The Hall–Kier alpha value is -2.49. The summed E-state index contributed by atoms with van der Waals surface area (Å²) in [7, 11) is 0. The largest absolute Gasteiger partial charge is 0.493 e. The highest BCUT2D eigenvalue weighted by Gasteiger charge is 2.10. The van der Waals surface area contributed by atoms with E-state index >= 15 is 0 Å². The van der Waals surface area contributed by atoms with Gasteiger partial charge in [-0.1, -0.05) is 12.1 Å². The molecule has 4 nitrogen and oxygen atoms in total. The summed E-state index contributed by atoms with van der Waals surface area (Å²) in [5, 5.41) is 6.31. The van der Waals surface area contributed by atoms with Gasteiger partial charge in [-0.15, -0.1) is 0 Å². The first-order valence-corrected chi connectivity index (χ1v) is 8.07. The van der Waals surface area contributed by atoms with Crippen LogP contribution in [0.15, 0.2) is 42.5 Å². The van der Waals surface area contributed by atoms with Gasteiger partial charge in [-0.3, -0.25) is 4.79 Å². The number of hydrogen-bond donors (Lipinski definition) is 2. The Bertz CT molecular complexity index is 698. The highest BCUT2D eigenvalue weighted by Crippen LogP contribution is 2.25. The van der Waals surface area contributed by atoms with Gasteiger partial charge in [0.2, 0.25) is 5.91 Å². The molecule has 4 heteroatoms. The molecule has 0 spiro atoms. The molecule has 0 aliphatic carbocycles. The van der Waals surface area contributed by atoms with Crippen LogP contribution < -0.4 is 15.4 Å². The van der Waals surface area contributed by atoms with Gasteiger partial charge in [0.15, 0.2) is 0 Å². The molecule has 0 unspecified atom stereocenters. The molecule has 0 aromatic heterocycles. The SMILES string of the molecule is Cc1cccc(OCCC(=O)Nc2ccc3c(c2)CCCN3)c1. The highest BCUT2D eigenvalue weighted by atomic mass is 16.5. The number of hydrogen-bond acceptors (Lipinski definition) is 3. The lowest BCUT2D eigenvalue weighted by Gasteiger charge is -2.18. The number of aryl methyl sites for hydroxylation is 2. The number of amides is 1. The molecule has 3 rings (SSSR count). The summed E-state index contributed by atoms with van der Waals surface area (Å²) >= 11 is 0. The number of rotatable bonds is 5. The first-order valence-electron chi connectivity index (χ1n) is 8.07. The molecular weight excluding hydrogens is 288 g/mol. The zero-order valence-corrected chi connectivity index (χ0v) is 13.4. The zero-order valence-electron chi connectivity index (χ0n) is 13.4. The summed E-state index contributed by atoms with van der Waals surface area (Å²) in [5.74, 6) is 0.777. The fourth-order valence-corrected chi connectivity index (χ4v) is 2.74. The van der Waals surface area contributed by atoms with Crippen LogP contribution in [0.25, 0.3) is 0 Å². The molecule has 0 radical (unpaired) electrons. The molecule has 0 atom stereocenters. The number of nitrogens with one attached hydrogen (secondary N) is 2. The third-order valence-corrected chi connectivity index (χ3v) is 3.91. The minimum absolute atomic E-state index is 0.0265. The topological polar surface area (TPSA) is 50.4 Å². The number of carbonyl (C=O) groups excluding carboxylic acids is 1. The maximum absolute atomic E-state index is 12.0. The van der Waals surface area contributed by atoms with E-state index in [2.05, 4.69) is 16.7 Å². The van der Waals surface area contributed by atoms with E-state index in [0.717, 1.165) is 36.4 Å². The van der Waals surface area contributed by atoms with E-state index in [1.807, 2.05) is 43.3 Å². The average molecular weight is 310 g/mol. The molecule has 1 amide bonds. The van der Waals surface area contributed by atoms with Crippen LogP contribution in [0.4, 0.5) is 11.4 Å². The van der Waals surface area contributed by atoms with E-state index in [1.165, 1.54) is 11.3 Å². The van der Waals surface area contributed by atoms with Crippen LogP contribution in [0.5, 0.6) is 5.75 Å². The van der Waals surface area contributed by atoms with Crippen molar-refractivity contribution in [3.63, 3.8) is 0 Å². The van der Waals surface area contributed by atoms with Crippen molar-refractivity contribution < 1.29 is 9.53 Å². The van der Waals surface area contributed by atoms with E-state index in [0.29, 0.717) is 13.0 Å². The molecular formula is C19H22N2O2. The van der Waals surface area contributed by atoms with E-state index in [1.54, 1.807) is 0 Å². The van der Waals surface area contributed by atoms with Crippen molar-refractivity contribution >= 4 is 17.3 Å². The second kappa shape index (κ2) is 7.18. The van der Waals surface area contributed by atoms with Crippen LogP contribution in [-0.4, -0.2) is 19.1 Å². The van der Waals surface area contributed by atoms with Crippen molar-refractivity contribution in [2.75, 3.05) is 23.8 Å². The van der Waals surface area contributed by atoms with Gasteiger partial charge >= 0.3 is 0 Å². The fraction of sp³-hybridized carbons (Fsp3) is 0.316. The summed E-state index contributed by atoms with van der Waals surface area (Å²) in [6, 6.07) is 13.9. The third kappa shape index (κ3) is 4.25. The van der Waals surface area contributed by atoms with Crippen molar-refractivity contribution in [2.45, 2.75) is 26.2 Å². The molecule has 2 aromatic carbocycles. The second-order valence-corrected chi connectivity index (χ2v) is 5.87. The molecule has 0 saturated carbocycles. The number of carbonyl (C=O) groups is 1. The molecule has 0 fully saturated rings. The lowest BCUT2D eigenvalue weighted by Crippen LogP contribution is -2.16. The molecule has 23 heavy (non-hydrogen) atoms. The maximum atomic E-state index is 12.0. The van der Waals surface area contributed by atoms with Crippen molar-refractivity contribution in [3.05, 3.63) is 53.6 Å². The Morgan fingerprint density at radius 2 is 2.17 bits per heavy atom. The molecule has 1 heterocycles. The number of fused-ring (bicyclic) bond motifs is 1. The van der Waals surface area contributed by atoms with Gasteiger partial charge < -0.3 is 15.4 Å². The first kappa shape index (κ1) is 15.4. The summed E-state index contributed by atoms with van der Waals surface area (Å²) in [6.45, 7) is 3.42. The molecule has 1 aliphatic heterocycles. The Labute approximate surface area is 136 Å². The van der Waals surface area contributed by atoms with E-state index < -0.39 is 0 Å². The van der Waals surface area contributed by atoms with E-state index in [4.69, 9.17) is 4.74 Å².